The summed E-state index contributed by atoms with van der Waals surface area (Å²) in [4.78, 5) is 16.4. The maximum atomic E-state index is 14.0. The van der Waals surface area contributed by atoms with Crippen LogP contribution in [-0.4, -0.2) is 62.7 Å². The largest absolute Gasteiger partial charge is 0.422 e. The summed E-state index contributed by atoms with van der Waals surface area (Å²) in [7, 11) is 0. The smallest absolute Gasteiger partial charge is 0.418 e. The number of nitrogens with zero attached hydrogens (tertiary/aromatic N) is 1. The molecule has 1 saturated heterocycles. The lowest BCUT2D eigenvalue weighted by atomic mass is 9.96. The van der Waals surface area contributed by atoms with Crippen molar-refractivity contribution < 1.29 is 42.8 Å². The summed E-state index contributed by atoms with van der Waals surface area (Å²) < 4.78 is 52.1. The molecule has 0 amide bonds. The molecule has 3 heterocycles. The number of anilines is 1. The van der Waals surface area contributed by atoms with E-state index in [1.54, 1.807) is 0 Å². The van der Waals surface area contributed by atoms with Crippen LogP contribution in [0.4, 0.5) is 18.9 Å². The molecule has 1 aliphatic heterocycles. The Labute approximate surface area is 183 Å². The van der Waals surface area contributed by atoms with Crippen LogP contribution in [0.2, 0.25) is 0 Å². The second kappa shape index (κ2) is 8.72. The molecule has 3 aromatic rings. The van der Waals surface area contributed by atoms with E-state index in [1.807, 2.05) is 0 Å². The van der Waals surface area contributed by atoms with Crippen molar-refractivity contribution in [3.8, 4) is 11.3 Å². The number of rotatable bonds is 4. The molecule has 0 spiro atoms. The number of halogens is 3. The van der Waals surface area contributed by atoms with Gasteiger partial charge in [0.25, 0.3) is 0 Å². The van der Waals surface area contributed by atoms with E-state index in [-0.39, 0.29) is 11.4 Å². The molecule has 0 radical (unpaired) electrons. The first-order chi connectivity index (χ1) is 15.6. The third kappa shape index (κ3) is 4.30. The first kappa shape index (κ1) is 23.1. The van der Waals surface area contributed by atoms with Crippen LogP contribution in [0.25, 0.3) is 22.2 Å². The quantitative estimate of drug-likeness (QED) is 0.355. The van der Waals surface area contributed by atoms with Crippen molar-refractivity contribution >= 4 is 16.7 Å². The summed E-state index contributed by atoms with van der Waals surface area (Å²) >= 11 is 0. The Morgan fingerprint density at radius 3 is 2.48 bits per heavy atom. The summed E-state index contributed by atoms with van der Waals surface area (Å²) in [6.45, 7) is -0.651. The Morgan fingerprint density at radius 1 is 1.09 bits per heavy atom. The Kier molecular flexibility index (Phi) is 6.12. The number of ether oxygens (including phenoxy) is 1. The van der Waals surface area contributed by atoms with Crippen molar-refractivity contribution in [3.05, 3.63) is 58.6 Å². The summed E-state index contributed by atoms with van der Waals surface area (Å²) in [5.74, 6) is 0. The Bertz CT molecular complexity index is 1200. The minimum atomic E-state index is -4.90. The molecule has 2 aromatic heterocycles. The number of nitrogens with one attached hydrogen (secondary N) is 1. The highest BCUT2D eigenvalue weighted by atomic mass is 19.4. The van der Waals surface area contributed by atoms with E-state index in [9.17, 15) is 33.3 Å². The highest BCUT2D eigenvalue weighted by molar-refractivity contribution is 5.89. The number of alkyl halides is 3. The van der Waals surface area contributed by atoms with E-state index in [0.717, 1.165) is 12.1 Å². The molecular formula is C21H19F3N2O7. The van der Waals surface area contributed by atoms with Gasteiger partial charge >= 0.3 is 11.8 Å². The molecular weight excluding hydrogens is 449 g/mol. The van der Waals surface area contributed by atoms with Gasteiger partial charge in [0.15, 0.2) is 6.29 Å². The van der Waals surface area contributed by atoms with Crippen LogP contribution in [0, 0.1) is 0 Å². The summed E-state index contributed by atoms with van der Waals surface area (Å²) in [6, 6.07) is 6.31. The SMILES string of the molecule is O=c1oc2cc(NC3[C@H](O)OC(CO)[C@@H](O)[C@@H]3O)ccc2c(C(F)(F)F)c1-c1ccccn1. The zero-order valence-electron chi connectivity index (χ0n) is 16.7. The van der Waals surface area contributed by atoms with Crippen LogP contribution in [0.3, 0.4) is 0 Å². The predicted molar refractivity (Wildman–Crippen MR) is 108 cm³/mol. The van der Waals surface area contributed by atoms with Gasteiger partial charge in [-0.25, -0.2) is 4.79 Å². The van der Waals surface area contributed by atoms with Gasteiger partial charge in [-0.3, -0.25) is 4.98 Å². The van der Waals surface area contributed by atoms with Gasteiger partial charge in [0, 0.05) is 23.3 Å². The van der Waals surface area contributed by atoms with Crippen molar-refractivity contribution in [2.24, 2.45) is 0 Å². The Hall–Kier alpha value is -3.03. The number of hydrogen-bond donors (Lipinski definition) is 5. The van der Waals surface area contributed by atoms with Gasteiger partial charge in [-0.1, -0.05) is 6.07 Å². The van der Waals surface area contributed by atoms with Gasteiger partial charge in [-0.05, 0) is 24.3 Å². The number of aliphatic hydroxyl groups is 4. The van der Waals surface area contributed by atoms with Crippen LogP contribution >= 0.6 is 0 Å². The maximum absolute atomic E-state index is 14.0. The molecule has 33 heavy (non-hydrogen) atoms. The van der Waals surface area contributed by atoms with Crippen LogP contribution in [0.1, 0.15) is 5.56 Å². The minimum absolute atomic E-state index is 0.0747. The number of aliphatic hydroxyl groups excluding tert-OH is 4. The fourth-order valence-electron chi connectivity index (χ4n) is 3.77. The second-order valence-corrected chi connectivity index (χ2v) is 7.46. The number of benzene rings is 1. The zero-order chi connectivity index (χ0) is 23.9. The third-order valence-corrected chi connectivity index (χ3v) is 5.35. The fourth-order valence-corrected chi connectivity index (χ4v) is 3.77. The Balaban J connectivity index is 1.77. The van der Waals surface area contributed by atoms with E-state index >= 15 is 0 Å². The van der Waals surface area contributed by atoms with E-state index in [0.29, 0.717) is 0 Å². The average molecular weight is 468 g/mol. The zero-order valence-corrected chi connectivity index (χ0v) is 16.7. The van der Waals surface area contributed by atoms with E-state index in [2.05, 4.69) is 10.3 Å². The number of hydrogen-bond acceptors (Lipinski definition) is 9. The van der Waals surface area contributed by atoms with Crippen LogP contribution in [0.15, 0.2) is 51.8 Å². The van der Waals surface area contributed by atoms with Crippen molar-refractivity contribution in [3.63, 3.8) is 0 Å². The van der Waals surface area contributed by atoms with E-state index in [1.165, 1.54) is 30.5 Å². The highest BCUT2D eigenvalue weighted by Gasteiger charge is 2.44. The van der Waals surface area contributed by atoms with E-state index in [4.69, 9.17) is 14.3 Å². The van der Waals surface area contributed by atoms with Gasteiger partial charge < -0.3 is 34.9 Å². The molecule has 1 aromatic carbocycles. The van der Waals surface area contributed by atoms with Crippen LogP contribution in [0.5, 0.6) is 0 Å². The van der Waals surface area contributed by atoms with Crippen molar-refractivity contribution in [1.29, 1.82) is 0 Å². The molecule has 1 fully saturated rings. The summed E-state index contributed by atoms with van der Waals surface area (Å²) in [5.41, 5.74) is -3.69. The monoisotopic (exact) mass is 468 g/mol. The predicted octanol–water partition coefficient (Wildman–Crippen LogP) is 1.09. The third-order valence-electron chi connectivity index (χ3n) is 5.35. The molecule has 9 nitrogen and oxygen atoms in total. The first-order valence-electron chi connectivity index (χ1n) is 9.78. The fraction of sp³-hybridized carbons (Fsp3) is 0.333. The molecule has 5 N–H and O–H groups in total. The minimum Gasteiger partial charge on any atom is -0.422 e. The van der Waals surface area contributed by atoms with Crippen molar-refractivity contribution in [2.45, 2.75) is 36.8 Å². The molecule has 0 aliphatic carbocycles. The molecule has 176 valence electrons. The Morgan fingerprint density at radius 2 is 1.85 bits per heavy atom. The molecule has 1 aliphatic rings. The molecule has 2 unspecified atom stereocenters. The molecule has 12 heteroatoms. The van der Waals surface area contributed by atoms with Gasteiger partial charge in [0.05, 0.1) is 23.4 Å². The molecule has 5 atom stereocenters. The van der Waals surface area contributed by atoms with Gasteiger partial charge in [0.2, 0.25) is 0 Å². The lowest BCUT2D eigenvalue weighted by Crippen LogP contribution is -2.61. The summed E-state index contributed by atoms with van der Waals surface area (Å²) in [6.07, 6.45) is -9.63. The van der Waals surface area contributed by atoms with Crippen molar-refractivity contribution in [2.75, 3.05) is 11.9 Å². The first-order valence-corrected chi connectivity index (χ1v) is 9.78. The number of aromatic nitrogens is 1. The van der Waals surface area contributed by atoms with Gasteiger partial charge in [-0.15, -0.1) is 0 Å². The van der Waals surface area contributed by atoms with Gasteiger partial charge in [-0.2, -0.15) is 13.2 Å². The maximum Gasteiger partial charge on any atom is 0.418 e. The lowest BCUT2D eigenvalue weighted by Gasteiger charge is -2.40. The normalized spacial score (nSPS) is 25.8. The number of fused-ring (bicyclic) bond motifs is 1. The molecule has 0 bridgehead atoms. The highest BCUT2D eigenvalue weighted by Crippen LogP contribution is 2.40. The van der Waals surface area contributed by atoms with Crippen LogP contribution in [-0.2, 0) is 10.9 Å². The molecule has 0 saturated carbocycles. The number of pyridine rings is 1. The van der Waals surface area contributed by atoms with E-state index < -0.39 is 71.1 Å². The summed E-state index contributed by atoms with van der Waals surface area (Å²) in [5, 5.41) is 41.7. The van der Waals surface area contributed by atoms with Gasteiger partial charge in [0.1, 0.15) is 29.9 Å². The standard InChI is InChI=1S/C21H19F3N2O7/c22-21(23,24)15-10-5-4-9(26-16-18(29)17(28)13(8-27)33-20(16)31)7-12(10)32-19(30)14(15)11-3-1-2-6-25-11/h1-7,13,16-18,20,26-29,31H,8H2/t13?,16?,17-,18-,20-/m1/s1. The lowest BCUT2D eigenvalue weighted by molar-refractivity contribution is -0.245. The average Bonchev–Trinajstić information content (AvgIpc) is 2.78. The van der Waals surface area contributed by atoms with Crippen molar-refractivity contribution in [1.82, 2.24) is 4.98 Å². The molecule has 4 rings (SSSR count). The van der Waals surface area contributed by atoms with Crippen LogP contribution < -0.4 is 10.9 Å². The topological polar surface area (TPSA) is 145 Å². The second-order valence-electron chi connectivity index (χ2n) is 7.46.